The second kappa shape index (κ2) is 1.62. The molecule has 1 rings (SSSR count). The Labute approximate surface area is 37.9 Å². The number of hydrogen-bond acceptors (Lipinski definition) is 2. The van der Waals surface area contributed by atoms with E-state index in [1.807, 2.05) is 0 Å². The van der Waals surface area contributed by atoms with Gasteiger partial charge < -0.3 is 9.39 Å². The van der Waals surface area contributed by atoms with Crippen LogP contribution in [0, 0.1) is 0 Å². The molecule has 1 saturated heterocycles. The van der Waals surface area contributed by atoms with Crippen molar-refractivity contribution in [1.82, 2.24) is 0 Å². The van der Waals surface area contributed by atoms with E-state index in [2.05, 4.69) is 12.7 Å². The minimum Gasteiger partial charge on any atom is -0.445 e. The van der Waals surface area contributed by atoms with E-state index in [1.54, 1.807) is 0 Å². The molecule has 1 aliphatic heterocycles. The zero-order valence-corrected chi connectivity index (χ0v) is 3.39. The van der Waals surface area contributed by atoms with Gasteiger partial charge in [0.1, 0.15) is 6.10 Å². The fourth-order valence-corrected chi connectivity index (χ4v) is 0.272. The lowest BCUT2D eigenvalue weighted by Gasteiger charge is -1.85. The van der Waals surface area contributed by atoms with Crippen LogP contribution in [0.25, 0.3) is 0 Å². The minimum atomic E-state index is 0.301. The van der Waals surface area contributed by atoms with E-state index >= 15 is 0 Å². The van der Waals surface area contributed by atoms with Crippen molar-refractivity contribution in [3.63, 3.8) is 0 Å². The molecular weight excluding hydrogens is 78.8 g/mol. The largest absolute Gasteiger partial charge is 0.445 e. The van der Waals surface area contributed by atoms with Crippen LogP contribution >= 0.6 is 0 Å². The van der Waals surface area contributed by atoms with Gasteiger partial charge in [0, 0.05) is 0 Å². The molecule has 1 unspecified atom stereocenters. The fraction of sp³-hybridized carbons (Fsp3) is 1.00. The molecule has 1 fully saturated rings. The predicted molar refractivity (Wildman–Crippen MR) is 21.4 cm³/mol. The van der Waals surface area contributed by atoms with Crippen LogP contribution in [0.4, 0.5) is 0 Å². The van der Waals surface area contributed by atoms with Gasteiger partial charge in [0.05, 0.1) is 13.2 Å². The van der Waals surface area contributed by atoms with Crippen LogP contribution in [-0.4, -0.2) is 27.4 Å². The lowest BCUT2D eigenvalue weighted by Crippen LogP contribution is -1.96. The smallest absolute Gasteiger partial charge is 0.282 e. The molecule has 0 bridgehead atoms. The van der Waals surface area contributed by atoms with Gasteiger partial charge in [-0.25, -0.2) is 0 Å². The molecule has 2 nitrogen and oxygen atoms in total. The van der Waals surface area contributed by atoms with Gasteiger partial charge in [-0.3, -0.25) is 0 Å². The van der Waals surface area contributed by atoms with E-state index in [0.29, 0.717) is 12.7 Å². The van der Waals surface area contributed by atoms with Crippen molar-refractivity contribution in [2.75, 3.05) is 13.2 Å². The first-order chi connectivity index (χ1) is 2.93. The molecule has 1 aliphatic rings. The molecule has 2 radical (unpaired) electrons. The van der Waals surface area contributed by atoms with E-state index in [0.717, 1.165) is 6.61 Å². The van der Waals surface area contributed by atoms with Crippen molar-refractivity contribution in [2.45, 2.75) is 6.10 Å². The molecule has 0 N–H and O–H groups in total. The van der Waals surface area contributed by atoms with Crippen LogP contribution in [0.1, 0.15) is 0 Å². The maximum absolute atomic E-state index is 4.74. The maximum atomic E-state index is 4.74. The molecule has 0 aromatic rings. The second-order valence-electron chi connectivity index (χ2n) is 1.29. The summed E-state index contributed by atoms with van der Waals surface area (Å²) in [6.45, 7) is 1.36. The molecule has 0 aromatic carbocycles. The summed E-state index contributed by atoms with van der Waals surface area (Å²) in [6.07, 6.45) is 0.301. The number of epoxide rings is 1. The lowest BCUT2D eigenvalue weighted by atomic mass is 10.5. The first-order valence-corrected chi connectivity index (χ1v) is 1.87. The normalized spacial score (nSPS) is 30.3. The Kier molecular flexibility index (Phi) is 1.12. The van der Waals surface area contributed by atoms with Gasteiger partial charge in [-0.1, -0.05) is 0 Å². The van der Waals surface area contributed by atoms with Gasteiger partial charge in [-0.2, -0.15) is 0 Å². The van der Waals surface area contributed by atoms with Crippen molar-refractivity contribution < 1.29 is 9.39 Å². The summed E-state index contributed by atoms with van der Waals surface area (Å²) in [4.78, 5) is 0. The molecule has 0 saturated carbocycles. The Morgan fingerprint density at radius 3 is 2.83 bits per heavy atom. The highest BCUT2D eigenvalue weighted by molar-refractivity contribution is 5.97. The van der Waals surface area contributed by atoms with Crippen molar-refractivity contribution in [2.24, 2.45) is 0 Å². The summed E-state index contributed by atoms with van der Waals surface area (Å²) in [5, 5.41) is 0. The van der Waals surface area contributed by atoms with Crippen LogP contribution in [0.2, 0.25) is 0 Å². The third kappa shape index (κ3) is 0.991. The highest BCUT2D eigenvalue weighted by atomic mass is 16.6. The summed E-state index contributed by atoms with van der Waals surface area (Å²) >= 11 is 0. The van der Waals surface area contributed by atoms with Gasteiger partial charge in [0.15, 0.2) is 0 Å². The van der Waals surface area contributed by atoms with E-state index in [4.69, 9.17) is 4.74 Å². The monoisotopic (exact) mass is 84.0 g/mol. The predicted octanol–water partition coefficient (Wildman–Crippen LogP) is -0.515. The quantitative estimate of drug-likeness (QED) is 0.332. The van der Waals surface area contributed by atoms with Crippen LogP contribution in [0.3, 0.4) is 0 Å². The third-order valence-corrected chi connectivity index (χ3v) is 0.684. The van der Waals surface area contributed by atoms with Gasteiger partial charge in [-0.05, 0) is 0 Å². The van der Waals surface area contributed by atoms with Crippen molar-refractivity contribution >= 4 is 8.05 Å². The zero-order chi connectivity index (χ0) is 4.41. The molecular formula is C3H5BO2. The highest BCUT2D eigenvalue weighted by Crippen LogP contribution is 2.06. The topological polar surface area (TPSA) is 21.8 Å². The Morgan fingerprint density at radius 1 is 2.00 bits per heavy atom. The molecule has 0 aliphatic carbocycles. The van der Waals surface area contributed by atoms with E-state index in [9.17, 15) is 0 Å². The first kappa shape index (κ1) is 4.15. The van der Waals surface area contributed by atoms with Crippen molar-refractivity contribution in [1.29, 1.82) is 0 Å². The molecule has 6 heavy (non-hydrogen) atoms. The second-order valence-corrected chi connectivity index (χ2v) is 1.29. The van der Waals surface area contributed by atoms with E-state index in [1.165, 1.54) is 0 Å². The van der Waals surface area contributed by atoms with Crippen LogP contribution in [-0.2, 0) is 9.39 Å². The fourth-order valence-electron chi connectivity index (χ4n) is 0.272. The molecule has 1 heterocycles. The Balaban J connectivity index is 1.88. The van der Waals surface area contributed by atoms with Crippen molar-refractivity contribution in [3.05, 3.63) is 0 Å². The van der Waals surface area contributed by atoms with E-state index in [-0.39, 0.29) is 0 Å². The average Bonchev–Trinajstić information content (AvgIpc) is 2.21. The summed E-state index contributed by atoms with van der Waals surface area (Å²) in [6, 6.07) is 0. The van der Waals surface area contributed by atoms with Crippen LogP contribution in [0.15, 0.2) is 0 Å². The van der Waals surface area contributed by atoms with E-state index < -0.39 is 0 Å². The Hall–Kier alpha value is -0.0151. The summed E-state index contributed by atoms with van der Waals surface area (Å²) in [5.74, 6) is 0. The van der Waals surface area contributed by atoms with Crippen LogP contribution in [0.5, 0.6) is 0 Å². The highest BCUT2D eigenvalue weighted by Gasteiger charge is 2.20. The van der Waals surface area contributed by atoms with Gasteiger partial charge in [0.2, 0.25) is 0 Å². The Bertz CT molecular complexity index is 44.1. The summed E-state index contributed by atoms with van der Waals surface area (Å²) in [5.41, 5.74) is 0. The number of hydrogen-bond donors (Lipinski definition) is 0. The van der Waals surface area contributed by atoms with Crippen molar-refractivity contribution in [3.8, 4) is 0 Å². The molecule has 0 amide bonds. The third-order valence-electron chi connectivity index (χ3n) is 0.684. The maximum Gasteiger partial charge on any atom is 0.282 e. The van der Waals surface area contributed by atoms with Crippen LogP contribution < -0.4 is 0 Å². The summed E-state index contributed by atoms with van der Waals surface area (Å²) < 4.78 is 8.98. The van der Waals surface area contributed by atoms with Gasteiger partial charge >= 0.3 is 0 Å². The molecule has 0 aromatic heterocycles. The Morgan fingerprint density at radius 2 is 2.67 bits per heavy atom. The molecule has 32 valence electrons. The minimum absolute atomic E-state index is 0.301. The molecule has 1 atom stereocenters. The zero-order valence-electron chi connectivity index (χ0n) is 3.39. The number of ether oxygens (including phenoxy) is 1. The SMILES string of the molecule is [B]OCC1CO1. The molecule has 3 heteroatoms. The number of rotatable bonds is 2. The van der Waals surface area contributed by atoms with Gasteiger partial charge in [-0.15, -0.1) is 0 Å². The lowest BCUT2D eigenvalue weighted by molar-refractivity contribution is 0.281. The summed E-state index contributed by atoms with van der Waals surface area (Å²) in [7, 11) is 4.69. The van der Waals surface area contributed by atoms with Gasteiger partial charge in [0.25, 0.3) is 8.05 Å². The standard InChI is InChI=1S/C3H5BO2/c4-6-2-3-1-5-3/h3H,1-2H2. The average molecular weight is 83.9 g/mol. The first-order valence-electron chi connectivity index (χ1n) is 1.87. The molecule has 0 spiro atoms.